The number of nitrogens with two attached hydrogens (primary N) is 1. The van der Waals surface area contributed by atoms with Crippen molar-refractivity contribution < 1.29 is 12.9 Å². The zero-order valence-corrected chi connectivity index (χ0v) is 17.3. The average Bonchev–Trinajstić information content (AvgIpc) is 3.12. The van der Waals surface area contributed by atoms with Gasteiger partial charge in [0, 0.05) is 25.1 Å². The van der Waals surface area contributed by atoms with Gasteiger partial charge < -0.3 is 10.3 Å². The zero-order valence-electron chi connectivity index (χ0n) is 15.7. The molecule has 0 spiro atoms. The Balaban J connectivity index is 0.00000280. The van der Waals surface area contributed by atoms with E-state index in [1.165, 1.54) is 0 Å². The van der Waals surface area contributed by atoms with Crippen molar-refractivity contribution in [3.63, 3.8) is 0 Å². The Bertz CT molecular complexity index is 1030. The van der Waals surface area contributed by atoms with Crippen LogP contribution in [0, 0.1) is 13.8 Å². The molecule has 1 heterocycles. The lowest BCUT2D eigenvalue weighted by Gasteiger charge is -2.07. The van der Waals surface area contributed by atoms with Gasteiger partial charge in [0.1, 0.15) is 0 Å². The van der Waals surface area contributed by atoms with E-state index in [2.05, 4.69) is 14.9 Å². The summed E-state index contributed by atoms with van der Waals surface area (Å²) in [5, 5.41) is 3.94. The first kappa shape index (κ1) is 22.0. The van der Waals surface area contributed by atoms with Crippen LogP contribution in [0.2, 0.25) is 0 Å². The lowest BCUT2D eigenvalue weighted by molar-refractivity contribution is 0.379. The van der Waals surface area contributed by atoms with E-state index in [1.54, 1.807) is 18.2 Å². The summed E-state index contributed by atoms with van der Waals surface area (Å²) >= 11 is 0. The molecule has 1 aromatic heterocycles. The molecule has 0 aliphatic heterocycles. The third-order valence-electron chi connectivity index (χ3n) is 4.34. The van der Waals surface area contributed by atoms with E-state index in [9.17, 15) is 8.42 Å². The maximum Gasteiger partial charge on any atom is 0.240 e. The molecule has 3 rings (SSSR count). The minimum Gasteiger partial charge on any atom is -0.339 e. The molecule has 0 fully saturated rings. The smallest absolute Gasteiger partial charge is 0.240 e. The van der Waals surface area contributed by atoms with Gasteiger partial charge in [-0.05, 0) is 42.7 Å². The summed E-state index contributed by atoms with van der Waals surface area (Å²) in [6, 6.07) is 12.6. The Morgan fingerprint density at radius 3 is 2.43 bits per heavy atom. The molecule has 7 nitrogen and oxygen atoms in total. The number of sulfonamides is 1. The highest BCUT2D eigenvalue weighted by Crippen LogP contribution is 2.17. The zero-order chi connectivity index (χ0) is 19.4. The minimum absolute atomic E-state index is 0. The molecule has 0 aliphatic carbocycles. The summed E-state index contributed by atoms with van der Waals surface area (Å²) in [5.74, 6) is 0.835. The number of hydrogen-bond acceptors (Lipinski definition) is 6. The first-order chi connectivity index (χ1) is 12.9. The van der Waals surface area contributed by atoms with Gasteiger partial charge in [-0.25, -0.2) is 13.1 Å². The van der Waals surface area contributed by atoms with Gasteiger partial charge in [0.05, 0.1) is 4.90 Å². The third-order valence-corrected chi connectivity index (χ3v) is 5.79. The van der Waals surface area contributed by atoms with Crippen LogP contribution in [0.1, 0.15) is 22.6 Å². The predicted molar refractivity (Wildman–Crippen MR) is 110 cm³/mol. The van der Waals surface area contributed by atoms with E-state index in [4.69, 9.17) is 10.3 Å². The molecular weight excluding hydrogens is 400 g/mol. The van der Waals surface area contributed by atoms with Crippen molar-refractivity contribution in [1.29, 1.82) is 0 Å². The Morgan fingerprint density at radius 1 is 1.07 bits per heavy atom. The number of rotatable bonds is 7. The Labute approximate surface area is 170 Å². The van der Waals surface area contributed by atoms with E-state index in [0.29, 0.717) is 24.7 Å². The van der Waals surface area contributed by atoms with Crippen LogP contribution in [0.4, 0.5) is 0 Å². The van der Waals surface area contributed by atoms with Crippen LogP contribution >= 0.6 is 12.4 Å². The van der Waals surface area contributed by atoms with Gasteiger partial charge in [0.25, 0.3) is 0 Å². The van der Waals surface area contributed by atoms with Crippen molar-refractivity contribution in [2.75, 3.05) is 6.54 Å². The van der Waals surface area contributed by atoms with Gasteiger partial charge in [-0.2, -0.15) is 4.98 Å². The molecule has 150 valence electrons. The number of aryl methyl sites for hydroxylation is 2. The average molecular weight is 423 g/mol. The summed E-state index contributed by atoms with van der Waals surface area (Å²) < 4.78 is 32.5. The molecule has 3 N–H and O–H groups in total. The van der Waals surface area contributed by atoms with E-state index in [1.807, 2.05) is 38.1 Å². The SMILES string of the molecule is Cc1ccc(S(=O)(=O)NCCc2nc(-c3ccc(CN)cc3)no2)cc1C.Cl. The lowest BCUT2D eigenvalue weighted by Crippen LogP contribution is -2.26. The van der Waals surface area contributed by atoms with Crippen LogP contribution in [0.25, 0.3) is 11.4 Å². The molecule has 0 atom stereocenters. The summed E-state index contributed by atoms with van der Waals surface area (Å²) in [4.78, 5) is 4.56. The summed E-state index contributed by atoms with van der Waals surface area (Å²) in [7, 11) is -3.57. The van der Waals surface area contributed by atoms with Crippen LogP contribution in [0.15, 0.2) is 51.9 Å². The van der Waals surface area contributed by atoms with Gasteiger partial charge in [-0.3, -0.25) is 0 Å². The molecule has 0 saturated carbocycles. The Hall–Kier alpha value is -2.26. The Morgan fingerprint density at radius 2 is 1.79 bits per heavy atom. The third kappa shape index (κ3) is 5.17. The number of hydrogen-bond donors (Lipinski definition) is 2. The van der Waals surface area contributed by atoms with Crippen LogP contribution in [-0.2, 0) is 23.0 Å². The molecule has 0 saturated heterocycles. The quantitative estimate of drug-likeness (QED) is 0.605. The normalized spacial score (nSPS) is 11.2. The topological polar surface area (TPSA) is 111 Å². The monoisotopic (exact) mass is 422 g/mol. The summed E-state index contributed by atoms with van der Waals surface area (Å²) in [5.41, 5.74) is 9.40. The molecule has 0 unspecified atom stereocenters. The number of nitrogens with one attached hydrogen (secondary N) is 1. The van der Waals surface area contributed by atoms with E-state index >= 15 is 0 Å². The second-order valence-corrected chi connectivity index (χ2v) is 8.07. The first-order valence-electron chi connectivity index (χ1n) is 8.58. The largest absolute Gasteiger partial charge is 0.339 e. The highest BCUT2D eigenvalue weighted by Gasteiger charge is 2.15. The van der Waals surface area contributed by atoms with Gasteiger partial charge in [-0.15, -0.1) is 12.4 Å². The fourth-order valence-corrected chi connectivity index (χ4v) is 3.64. The van der Waals surface area contributed by atoms with Crippen molar-refractivity contribution in [2.45, 2.75) is 31.7 Å². The van der Waals surface area contributed by atoms with Crippen LogP contribution < -0.4 is 10.5 Å². The molecule has 9 heteroatoms. The highest BCUT2D eigenvalue weighted by molar-refractivity contribution is 7.89. The number of nitrogens with zero attached hydrogens (tertiary/aromatic N) is 2. The first-order valence-corrected chi connectivity index (χ1v) is 10.1. The number of benzene rings is 2. The van der Waals surface area contributed by atoms with Crippen molar-refractivity contribution in [3.8, 4) is 11.4 Å². The highest BCUT2D eigenvalue weighted by atomic mass is 35.5. The van der Waals surface area contributed by atoms with Gasteiger partial charge in [0.15, 0.2) is 0 Å². The van der Waals surface area contributed by atoms with Gasteiger partial charge >= 0.3 is 0 Å². The number of aromatic nitrogens is 2. The predicted octanol–water partition coefficient (Wildman–Crippen LogP) is 2.75. The molecule has 0 aliphatic rings. The lowest BCUT2D eigenvalue weighted by atomic mass is 10.1. The van der Waals surface area contributed by atoms with Gasteiger partial charge in [-0.1, -0.05) is 35.5 Å². The van der Waals surface area contributed by atoms with Crippen LogP contribution in [-0.4, -0.2) is 25.1 Å². The standard InChI is InChI=1S/C19H22N4O3S.ClH/c1-13-3-8-17(11-14(13)2)27(24,25)21-10-9-18-22-19(23-26-18)16-6-4-15(12-20)5-7-16;/h3-8,11,21H,9-10,12,20H2,1-2H3;1H. The molecule has 0 bridgehead atoms. The second-order valence-electron chi connectivity index (χ2n) is 6.31. The van der Waals surface area contributed by atoms with Crippen LogP contribution in [0.3, 0.4) is 0 Å². The van der Waals surface area contributed by atoms with E-state index < -0.39 is 10.0 Å². The molecule has 28 heavy (non-hydrogen) atoms. The number of halogens is 1. The summed E-state index contributed by atoms with van der Waals surface area (Å²) in [6.07, 6.45) is 0.304. The molecule has 2 aromatic carbocycles. The van der Waals surface area contributed by atoms with E-state index in [-0.39, 0.29) is 23.8 Å². The van der Waals surface area contributed by atoms with Gasteiger partial charge in [0.2, 0.25) is 21.7 Å². The fourth-order valence-electron chi connectivity index (χ4n) is 2.52. The van der Waals surface area contributed by atoms with E-state index in [0.717, 1.165) is 22.3 Å². The van der Waals surface area contributed by atoms with Crippen molar-refractivity contribution in [1.82, 2.24) is 14.9 Å². The minimum atomic E-state index is -3.57. The summed E-state index contributed by atoms with van der Waals surface area (Å²) in [6.45, 7) is 4.46. The molecule has 0 amide bonds. The van der Waals surface area contributed by atoms with Crippen molar-refractivity contribution >= 4 is 22.4 Å². The molecule has 3 aromatic rings. The fraction of sp³-hybridized carbons (Fsp3) is 0.263. The molecular formula is C19H23ClN4O3S. The van der Waals surface area contributed by atoms with Crippen molar-refractivity contribution in [2.24, 2.45) is 5.73 Å². The maximum absolute atomic E-state index is 12.4. The van der Waals surface area contributed by atoms with Crippen LogP contribution in [0.5, 0.6) is 0 Å². The molecule has 0 radical (unpaired) electrons. The Kier molecular flexibility index (Phi) is 7.31. The maximum atomic E-state index is 12.4. The van der Waals surface area contributed by atoms with Crippen molar-refractivity contribution in [3.05, 3.63) is 65.0 Å². The second kappa shape index (κ2) is 9.29.